The Hall–Kier alpha value is -1.14. The summed E-state index contributed by atoms with van der Waals surface area (Å²) >= 11 is 7.66. The molecule has 2 aromatic rings. The maximum Gasteiger partial charge on any atom is 0.246 e. The smallest absolute Gasteiger partial charge is 0.246 e. The minimum Gasteiger partial charge on any atom is -0.317 e. The number of nitrogens with two attached hydrogens (primary N) is 1. The molecule has 7 heteroatoms. The van der Waals surface area contributed by atoms with Gasteiger partial charge in [-0.3, -0.25) is 4.79 Å². The molecule has 3 rings (SSSR count). The van der Waals surface area contributed by atoms with E-state index in [0.29, 0.717) is 11.6 Å². The van der Waals surface area contributed by atoms with Gasteiger partial charge in [-0.1, -0.05) is 29.8 Å². The summed E-state index contributed by atoms with van der Waals surface area (Å²) in [4.78, 5) is 17.4. The van der Waals surface area contributed by atoms with Crippen LogP contribution in [0.25, 0.3) is 0 Å². The lowest BCUT2D eigenvalue weighted by atomic mass is 10.1. The Labute approximate surface area is 144 Å². The van der Waals surface area contributed by atoms with Crippen LogP contribution in [0.3, 0.4) is 0 Å². The van der Waals surface area contributed by atoms with E-state index in [-0.39, 0.29) is 18.3 Å². The summed E-state index contributed by atoms with van der Waals surface area (Å²) in [5.41, 5.74) is 7.17. The van der Waals surface area contributed by atoms with Crippen LogP contribution in [0.4, 0.5) is 5.13 Å². The van der Waals surface area contributed by atoms with E-state index in [9.17, 15) is 4.79 Å². The monoisotopic (exact) mass is 357 g/mol. The number of thiazole rings is 1. The fourth-order valence-electron chi connectivity index (χ4n) is 2.04. The highest BCUT2D eigenvalue weighted by molar-refractivity contribution is 7.15. The summed E-state index contributed by atoms with van der Waals surface area (Å²) in [5, 5.41) is 4.17. The van der Waals surface area contributed by atoms with E-state index >= 15 is 0 Å². The molecule has 4 nitrogen and oxygen atoms in total. The van der Waals surface area contributed by atoms with Crippen molar-refractivity contribution in [3.05, 3.63) is 45.4 Å². The van der Waals surface area contributed by atoms with Crippen molar-refractivity contribution < 1.29 is 4.79 Å². The number of hydrogen-bond acceptors (Lipinski definition) is 4. The van der Waals surface area contributed by atoms with Crippen LogP contribution in [0.5, 0.6) is 0 Å². The van der Waals surface area contributed by atoms with Gasteiger partial charge < -0.3 is 11.1 Å². The molecule has 1 aromatic carbocycles. The fourth-order valence-corrected chi connectivity index (χ4v) is 3.23. The van der Waals surface area contributed by atoms with Crippen molar-refractivity contribution in [1.29, 1.82) is 0 Å². The third-order valence-corrected chi connectivity index (χ3v) is 5.10. The lowest BCUT2D eigenvalue weighted by molar-refractivity contribution is -0.118. The van der Waals surface area contributed by atoms with Crippen LogP contribution in [-0.4, -0.2) is 16.4 Å². The van der Waals surface area contributed by atoms with Gasteiger partial charge in [0.05, 0.1) is 11.2 Å². The second kappa shape index (κ2) is 6.54. The van der Waals surface area contributed by atoms with E-state index in [2.05, 4.69) is 10.3 Å². The Bertz CT molecular complexity index is 698. The van der Waals surface area contributed by atoms with E-state index in [0.717, 1.165) is 34.0 Å². The molecule has 1 aromatic heterocycles. The van der Waals surface area contributed by atoms with Gasteiger partial charge in [-0.05, 0) is 31.4 Å². The first-order valence-electron chi connectivity index (χ1n) is 6.78. The van der Waals surface area contributed by atoms with Crippen LogP contribution < -0.4 is 11.1 Å². The van der Waals surface area contributed by atoms with Crippen molar-refractivity contribution in [2.24, 2.45) is 5.73 Å². The van der Waals surface area contributed by atoms with Gasteiger partial charge in [0.1, 0.15) is 0 Å². The molecule has 0 bridgehead atoms. The maximum atomic E-state index is 11.9. The molecule has 1 saturated carbocycles. The third kappa shape index (κ3) is 3.60. The van der Waals surface area contributed by atoms with Crippen molar-refractivity contribution >= 4 is 46.4 Å². The summed E-state index contributed by atoms with van der Waals surface area (Å²) in [6.07, 6.45) is 2.21. The number of anilines is 1. The summed E-state index contributed by atoms with van der Waals surface area (Å²) in [6.45, 7) is 1.94. The van der Waals surface area contributed by atoms with Crippen LogP contribution >= 0.6 is 35.3 Å². The number of aromatic nitrogens is 1. The molecule has 0 atom stereocenters. The predicted octanol–water partition coefficient (Wildman–Crippen LogP) is 3.55. The Balaban J connectivity index is 0.00000176. The lowest BCUT2D eigenvalue weighted by Gasteiger charge is -2.06. The Morgan fingerprint density at radius 3 is 2.77 bits per heavy atom. The number of hydrogen-bond donors (Lipinski definition) is 2. The minimum atomic E-state index is -0.678. The maximum absolute atomic E-state index is 11.9. The Morgan fingerprint density at radius 1 is 1.45 bits per heavy atom. The molecular formula is C15H17Cl2N3OS. The number of carbonyl (C=O) groups is 1. The molecule has 0 unspecified atom stereocenters. The number of rotatable bonds is 4. The second-order valence-corrected chi connectivity index (χ2v) is 6.90. The van der Waals surface area contributed by atoms with Crippen LogP contribution in [0.1, 0.15) is 29.0 Å². The molecule has 22 heavy (non-hydrogen) atoms. The van der Waals surface area contributed by atoms with Gasteiger partial charge in [0.25, 0.3) is 0 Å². The largest absolute Gasteiger partial charge is 0.317 e. The second-order valence-electron chi connectivity index (χ2n) is 5.41. The number of benzene rings is 1. The van der Waals surface area contributed by atoms with Crippen molar-refractivity contribution in [3.63, 3.8) is 0 Å². The van der Waals surface area contributed by atoms with Crippen molar-refractivity contribution in [2.45, 2.75) is 31.7 Å². The number of amides is 1. The molecule has 1 fully saturated rings. The average molecular weight is 358 g/mol. The van der Waals surface area contributed by atoms with Crippen LogP contribution in [0.15, 0.2) is 24.3 Å². The van der Waals surface area contributed by atoms with Gasteiger partial charge in [-0.2, -0.15) is 0 Å². The van der Waals surface area contributed by atoms with Crippen molar-refractivity contribution in [3.8, 4) is 0 Å². The van der Waals surface area contributed by atoms with Gasteiger partial charge >= 0.3 is 0 Å². The van der Waals surface area contributed by atoms with E-state index < -0.39 is 5.54 Å². The summed E-state index contributed by atoms with van der Waals surface area (Å²) < 4.78 is 0. The molecule has 1 aliphatic carbocycles. The van der Waals surface area contributed by atoms with Crippen LogP contribution in [0, 0.1) is 6.92 Å². The minimum absolute atomic E-state index is 0. The van der Waals surface area contributed by atoms with Crippen LogP contribution in [0.2, 0.25) is 5.02 Å². The molecule has 0 radical (unpaired) electrons. The average Bonchev–Trinajstić information content (AvgIpc) is 3.10. The van der Waals surface area contributed by atoms with Crippen molar-refractivity contribution in [1.82, 2.24) is 4.98 Å². The number of carbonyl (C=O) groups excluding carboxylic acids is 1. The molecule has 0 aliphatic heterocycles. The SMILES string of the molecule is Cc1nc(NC(=O)C2(N)CC2)sc1Cc1ccccc1Cl.Cl. The first kappa shape index (κ1) is 17.2. The molecular weight excluding hydrogens is 341 g/mol. The zero-order valence-electron chi connectivity index (χ0n) is 12.1. The van der Waals surface area contributed by atoms with Gasteiger partial charge in [-0.15, -0.1) is 23.7 Å². The van der Waals surface area contributed by atoms with E-state index in [4.69, 9.17) is 17.3 Å². The topological polar surface area (TPSA) is 68.0 Å². The van der Waals surface area contributed by atoms with Crippen LogP contribution in [-0.2, 0) is 11.2 Å². The summed E-state index contributed by atoms with van der Waals surface area (Å²) in [5.74, 6) is -0.138. The highest BCUT2D eigenvalue weighted by Crippen LogP contribution is 2.34. The quantitative estimate of drug-likeness (QED) is 0.878. The Morgan fingerprint density at radius 2 is 2.14 bits per heavy atom. The predicted molar refractivity (Wildman–Crippen MR) is 93.1 cm³/mol. The first-order valence-corrected chi connectivity index (χ1v) is 7.97. The van der Waals surface area contributed by atoms with Crippen molar-refractivity contribution in [2.75, 3.05) is 5.32 Å². The van der Waals surface area contributed by atoms with Gasteiger partial charge in [-0.25, -0.2) is 4.98 Å². The van der Waals surface area contributed by atoms with Gasteiger partial charge in [0.15, 0.2) is 5.13 Å². The molecule has 1 aliphatic rings. The molecule has 0 spiro atoms. The molecule has 0 saturated heterocycles. The highest BCUT2D eigenvalue weighted by atomic mass is 35.5. The highest BCUT2D eigenvalue weighted by Gasteiger charge is 2.46. The Kier molecular flexibility index (Phi) is 5.12. The number of nitrogens with one attached hydrogen (secondary N) is 1. The lowest BCUT2D eigenvalue weighted by Crippen LogP contribution is -2.37. The van der Waals surface area contributed by atoms with E-state index in [1.807, 2.05) is 31.2 Å². The molecule has 1 heterocycles. The number of aryl methyl sites for hydroxylation is 1. The van der Waals surface area contributed by atoms with E-state index in [1.165, 1.54) is 11.3 Å². The molecule has 3 N–H and O–H groups in total. The molecule has 118 valence electrons. The first-order chi connectivity index (χ1) is 9.98. The molecule has 1 amide bonds. The van der Waals surface area contributed by atoms with E-state index in [1.54, 1.807) is 0 Å². The zero-order valence-corrected chi connectivity index (χ0v) is 14.4. The number of nitrogens with zero attached hydrogens (tertiary/aromatic N) is 1. The third-order valence-electron chi connectivity index (χ3n) is 3.66. The fraction of sp³-hybridized carbons (Fsp3) is 0.333. The van der Waals surface area contributed by atoms with Gasteiger partial charge in [0.2, 0.25) is 5.91 Å². The summed E-state index contributed by atoms with van der Waals surface area (Å²) in [7, 11) is 0. The normalized spacial score (nSPS) is 15.0. The number of halogens is 2. The standard InChI is InChI=1S/C15H16ClN3OS.ClH/c1-9-12(8-10-4-2-3-5-11(10)16)21-14(18-9)19-13(20)15(17)6-7-15;/h2-5H,6-8,17H2,1H3,(H,18,19,20);1H. The summed E-state index contributed by atoms with van der Waals surface area (Å²) in [6, 6.07) is 7.75. The zero-order chi connectivity index (χ0) is 15.0. The van der Waals surface area contributed by atoms with Gasteiger partial charge in [0, 0.05) is 16.3 Å².